The molecule has 0 fully saturated rings. The molecule has 0 atom stereocenters. The third-order valence-electron chi connectivity index (χ3n) is 2.87. The number of hydrogen-bond donors (Lipinski definition) is 1. The molecule has 2 rings (SSSR count). The van der Waals surface area contributed by atoms with Gasteiger partial charge in [0.25, 0.3) is 0 Å². The molecule has 9 heteroatoms. The van der Waals surface area contributed by atoms with Crippen LogP contribution >= 0.6 is 15.9 Å². The lowest BCUT2D eigenvalue weighted by Crippen LogP contribution is -2.15. The van der Waals surface area contributed by atoms with Crippen molar-refractivity contribution in [3.05, 3.63) is 28.6 Å². The van der Waals surface area contributed by atoms with Gasteiger partial charge in [-0.25, -0.2) is 13.2 Å². The standard InChI is InChI=1S/C12H13BrN2O5S/c1-2-21(18,19)6-5-15-7-8(12(16)17)11(14-15)9-3-4-10(13)20-9/h3-4,7H,2,5-6H2,1H3,(H,16,17). The highest BCUT2D eigenvalue weighted by molar-refractivity contribution is 9.10. The van der Waals surface area contributed by atoms with Crippen LogP contribution in [0.2, 0.25) is 0 Å². The number of nitrogens with zero attached hydrogens (tertiary/aromatic N) is 2. The third kappa shape index (κ3) is 3.73. The summed E-state index contributed by atoms with van der Waals surface area (Å²) in [7, 11) is -3.14. The maximum atomic E-state index is 11.5. The summed E-state index contributed by atoms with van der Waals surface area (Å²) in [6, 6.07) is 3.22. The minimum absolute atomic E-state index is 0.0363. The zero-order chi connectivity index (χ0) is 15.6. The molecule has 7 nitrogen and oxygen atoms in total. The van der Waals surface area contributed by atoms with Gasteiger partial charge in [0.2, 0.25) is 0 Å². The Morgan fingerprint density at radius 1 is 1.48 bits per heavy atom. The Hall–Kier alpha value is -1.61. The van der Waals surface area contributed by atoms with Gasteiger partial charge in [-0.15, -0.1) is 0 Å². The smallest absolute Gasteiger partial charge is 0.339 e. The highest BCUT2D eigenvalue weighted by Crippen LogP contribution is 2.26. The van der Waals surface area contributed by atoms with E-state index in [2.05, 4.69) is 21.0 Å². The second-order valence-electron chi connectivity index (χ2n) is 4.30. The van der Waals surface area contributed by atoms with Crippen molar-refractivity contribution in [2.45, 2.75) is 13.5 Å². The summed E-state index contributed by atoms with van der Waals surface area (Å²) in [5, 5.41) is 13.3. The van der Waals surface area contributed by atoms with E-state index in [1.165, 1.54) is 10.9 Å². The van der Waals surface area contributed by atoms with Gasteiger partial charge in [-0.05, 0) is 28.1 Å². The Labute approximate surface area is 129 Å². The molecule has 21 heavy (non-hydrogen) atoms. The predicted molar refractivity (Wildman–Crippen MR) is 78.9 cm³/mol. The molecule has 0 bridgehead atoms. The Morgan fingerprint density at radius 2 is 2.19 bits per heavy atom. The van der Waals surface area contributed by atoms with Crippen molar-refractivity contribution in [3.63, 3.8) is 0 Å². The number of aryl methyl sites for hydroxylation is 1. The fourth-order valence-electron chi connectivity index (χ4n) is 1.69. The second kappa shape index (κ2) is 6.02. The first-order chi connectivity index (χ1) is 9.82. The number of carboxylic acid groups (broad SMARTS) is 1. The van der Waals surface area contributed by atoms with Crippen molar-refractivity contribution in [1.29, 1.82) is 0 Å². The normalized spacial score (nSPS) is 11.7. The maximum absolute atomic E-state index is 11.5. The SMILES string of the molecule is CCS(=O)(=O)CCn1cc(C(=O)O)c(-c2ccc(Br)o2)n1. The molecule has 2 aromatic heterocycles. The Morgan fingerprint density at radius 3 is 2.71 bits per heavy atom. The molecule has 114 valence electrons. The molecule has 0 aromatic carbocycles. The van der Waals surface area contributed by atoms with E-state index in [1.807, 2.05) is 0 Å². The van der Waals surface area contributed by atoms with E-state index >= 15 is 0 Å². The largest absolute Gasteiger partial charge is 0.478 e. The summed E-state index contributed by atoms with van der Waals surface area (Å²) in [6.45, 7) is 1.66. The van der Waals surface area contributed by atoms with Crippen molar-refractivity contribution >= 4 is 31.7 Å². The highest BCUT2D eigenvalue weighted by Gasteiger charge is 2.20. The van der Waals surface area contributed by atoms with Gasteiger partial charge < -0.3 is 9.52 Å². The second-order valence-corrected chi connectivity index (χ2v) is 7.55. The maximum Gasteiger partial charge on any atom is 0.339 e. The van der Waals surface area contributed by atoms with E-state index in [1.54, 1.807) is 19.1 Å². The number of hydrogen-bond acceptors (Lipinski definition) is 5. The van der Waals surface area contributed by atoms with E-state index in [4.69, 9.17) is 4.42 Å². The van der Waals surface area contributed by atoms with E-state index in [0.29, 0.717) is 10.4 Å². The molecule has 0 aliphatic rings. The molecule has 0 radical (unpaired) electrons. The van der Waals surface area contributed by atoms with E-state index < -0.39 is 15.8 Å². The van der Waals surface area contributed by atoms with Crippen molar-refractivity contribution in [1.82, 2.24) is 9.78 Å². The monoisotopic (exact) mass is 376 g/mol. The van der Waals surface area contributed by atoms with Crippen molar-refractivity contribution in [2.24, 2.45) is 0 Å². The average Bonchev–Trinajstić information content (AvgIpc) is 3.02. The lowest BCUT2D eigenvalue weighted by Gasteiger charge is -2.01. The molecule has 0 saturated carbocycles. The van der Waals surface area contributed by atoms with Gasteiger partial charge in [0, 0.05) is 11.9 Å². The number of rotatable bonds is 6. The van der Waals surface area contributed by atoms with E-state index in [-0.39, 0.29) is 29.3 Å². The molecule has 2 heterocycles. The third-order valence-corrected chi connectivity index (χ3v) is 4.98. The molecule has 0 unspecified atom stereocenters. The van der Waals surface area contributed by atoms with Crippen LogP contribution in [-0.2, 0) is 16.4 Å². The zero-order valence-electron chi connectivity index (χ0n) is 11.1. The summed E-state index contributed by atoms with van der Waals surface area (Å²) in [5.74, 6) is -0.901. The Bertz CT molecular complexity index is 762. The molecule has 0 amide bonds. The van der Waals surface area contributed by atoms with Crippen LogP contribution in [0.5, 0.6) is 0 Å². The number of carbonyl (C=O) groups is 1. The molecule has 0 spiro atoms. The lowest BCUT2D eigenvalue weighted by atomic mass is 10.2. The number of carboxylic acids is 1. The molecule has 0 saturated heterocycles. The van der Waals surface area contributed by atoms with Gasteiger partial charge in [0.1, 0.15) is 11.3 Å². The summed E-state index contributed by atoms with van der Waals surface area (Å²) in [6.07, 6.45) is 1.30. The molecule has 0 aliphatic carbocycles. The molecular formula is C12H13BrN2O5S. The van der Waals surface area contributed by atoms with Crippen LogP contribution < -0.4 is 0 Å². The van der Waals surface area contributed by atoms with Gasteiger partial charge in [-0.1, -0.05) is 6.92 Å². The fraction of sp³-hybridized carbons (Fsp3) is 0.333. The van der Waals surface area contributed by atoms with Crippen LogP contribution in [0.15, 0.2) is 27.4 Å². The zero-order valence-corrected chi connectivity index (χ0v) is 13.5. The van der Waals surface area contributed by atoms with E-state index in [9.17, 15) is 18.3 Å². The first-order valence-electron chi connectivity index (χ1n) is 6.09. The molecule has 1 N–H and O–H groups in total. The van der Waals surface area contributed by atoms with E-state index in [0.717, 1.165) is 0 Å². The average molecular weight is 377 g/mol. The Balaban J connectivity index is 2.32. The molecular weight excluding hydrogens is 364 g/mol. The number of aromatic carboxylic acids is 1. The van der Waals surface area contributed by atoms with Gasteiger partial charge in [-0.2, -0.15) is 5.10 Å². The first-order valence-corrected chi connectivity index (χ1v) is 8.70. The van der Waals surface area contributed by atoms with Crippen LogP contribution in [-0.4, -0.2) is 40.8 Å². The highest BCUT2D eigenvalue weighted by atomic mass is 79.9. The summed E-state index contributed by atoms with van der Waals surface area (Å²) >= 11 is 3.14. The lowest BCUT2D eigenvalue weighted by molar-refractivity contribution is 0.0697. The van der Waals surface area contributed by atoms with Crippen molar-refractivity contribution in [3.8, 4) is 11.5 Å². The summed E-state index contributed by atoms with van der Waals surface area (Å²) in [5.41, 5.74) is 0.132. The topological polar surface area (TPSA) is 102 Å². The fourth-order valence-corrected chi connectivity index (χ4v) is 2.75. The first kappa shape index (κ1) is 15.8. The molecule has 0 aliphatic heterocycles. The van der Waals surface area contributed by atoms with Crippen LogP contribution in [0.3, 0.4) is 0 Å². The summed E-state index contributed by atoms with van der Waals surface area (Å²) < 4.78 is 30.0. The Kier molecular flexibility index (Phi) is 4.52. The quantitative estimate of drug-likeness (QED) is 0.827. The number of aromatic nitrogens is 2. The summed E-state index contributed by atoms with van der Waals surface area (Å²) in [4.78, 5) is 11.2. The van der Waals surface area contributed by atoms with Crippen LogP contribution in [0.1, 0.15) is 17.3 Å². The van der Waals surface area contributed by atoms with Crippen LogP contribution in [0, 0.1) is 0 Å². The van der Waals surface area contributed by atoms with Gasteiger partial charge >= 0.3 is 5.97 Å². The van der Waals surface area contributed by atoms with Gasteiger partial charge in [0.15, 0.2) is 20.3 Å². The number of furan rings is 1. The van der Waals surface area contributed by atoms with Crippen LogP contribution in [0.4, 0.5) is 0 Å². The minimum Gasteiger partial charge on any atom is -0.478 e. The van der Waals surface area contributed by atoms with Gasteiger partial charge in [-0.3, -0.25) is 4.68 Å². The number of sulfone groups is 1. The van der Waals surface area contributed by atoms with Crippen LogP contribution in [0.25, 0.3) is 11.5 Å². The minimum atomic E-state index is -3.14. The van der Waals surface area contributed by atoms with Crippen molar-refractivity contribution in [2.75, 3.05) is 11.5 Å². The van der Waals surface area contributed by atoms with Gasteiger partial charge in [0.05, 0.1) is 12.3 Å². The predicted octanol–water partition coefficient (Wildman–Crippen LogP) is 2.04. The molecule has 2 aromatic rings. The number of halogens is 1. The van der Waals surface area contributed by atoms with Crippen molar-refractivity contribution < 1.29 is 22.7 Å².